The second-order valence-corrected chi connectivity index (χ2v) is 6.11. The van der Waals surface area contributed by atoms with E-state index in [4.69, 9.17) is 10.5 Å². The van der Waals surface area contributed by atoms with E-state index >= 15 is 0 Å². The molecule has 2 amide bonds. The maximum absolute atomic E-state index is 12.4. The first kappa shape index (κ1) is 22.5. The van der Waals surface area contributed by atoms with E-state index in [0.29, 0.717) is 23.6 Å². The molecule has 1 atom stereocenters. The van der Waals surface area contributed by atoms with Crippen LogP contribution in [0.15, 0.2) is 48.5 Å². The van der Waals surface area contributed by atoms with E-state index < -0.39 is 0 Å². The summed E-state index contributed by atoms with van der Waals surface area (Å²) in [5.41, 5.74) is 8.02. The Kier molecular flexibility index (Phi) is 8.78. The molecular formula is C20H26ClN3O3. The molecule has 2 aromatic rings. The summed E-state index contributed by atoms with van der Waals surface area (Å²) in [5.74, 6) is 0.116. The number of anilines is 1. The lowest BCUT2D eigenvalue weighted by Crippen LogP contribution is -2.22. The van der Waals surface area contributed by atoms with Gasteiger partial charge in [0.25, 0.3) is 5.91 Å². The first-order valence-corrected chi connectivity index (χ1v) is 8.51. The van der Waals surface area contributed by atoms with Crippen LogP contribution in [-0.4, -0.2) is 37.4 Å². The second kappa shape index (κ2) is 10.5. The average Bonchev–Trinajstić information content (AvgIpc) is 2.63. The summed E-state index contributed by atoms with van der Waals surface area (Å²) in [6, 6.07) is 14.1. The minimum atomic E-state index is -0.388. The second-order valence-electron chi connectivity index (χ2n) is 6.11. The highest BCUT2D eigenvalue weighted by Gasteiger charge is 2.16. The molecule has 0 fully saturated rings. The number of halogens is 1. The van der Waals surface area contributed by atoms with Gasteiger partial charge in [0.15, 0.2) is 0 Å². The molecule has 0 heterocycles. The molecule has 7 heteroatoms. The van der Waals surface area contributed by atoms with Gasteiger partial charge in [-0.3, -0.25) is 9.59 Å². The van der Waals surface area contributed by atoms with Crippen LogP contribution in [0.5, 0.6) is 5.75 Å². The normalized spacial score (nSPS) is 11.1. The van der Waals surface area contributed by atoms with Gasteiger partial charge in [0.05, 0.1) is 12.3 Å². The quantitative estimate of drug-likeness (QED) is 0.758. The van der Waals surface area contributed by atoms with E-state index in [0.717, 1.165) is 5.56 Å². The third-order valence-electron chi connectivity index (χ3n) is 3.84. The van der Waals surface area contributed by atoms with Gasteiger partial charge in [-0.25, -0.2) is 0 Å². The Balaban J connectivity index is 0.00000364. The van der Waals surface area contributed by atoms with Gasteiger partial charge in [-0.05, 0) is 30.7 Å². The van der Waals surface area contributed by atoms with Crippen LogP contribution in [0.1, 0.15) is 35.3 Å². The van der Waals surface area contributed by atoms with Crippen LogP contribution >= 0.6 is 12.4 Å². The maximum atomic E-state index is 12.4. The number of nitrogens with zero attached hydrogens (tertiary/aromatic N) is 1. The molecule has 3 N–H and O–H groups in total. The van der Waals surface area contributed by atoms with Gasteiger partial charge < -0.3 is 20.7 Å². The van der Waals surface area contributed by atoms with Crippen LogP contribution in [0.3, 0.4) is 0 Å². The van der Waals surface area contributed by atoms with Crippen molar-refractivity contribution in [3.8, 4) is 5.75 Å². The number of hydrogen-bond acceptors (Lipinski definition) is 4. The van der Waals surface area contributed by atoms with Gasteiger partial charge in [0, 0.05) is 32.1 Å². The third-order valence-corrected chi connectivity index (χ3v) is 3.84. The minimum absolute atomic E-state index is 0. The van der Waals surface area contributed by atoms with E-state index in [1.807, 2.05) is 37.3 Å². The summed E-state index contributed by atoms with van der Waals surface area (Å²) in [6.07, 6.45) is 0.147. The minimum Gasteiger partial charge on any atom is -0.492 e. The van der Waals surface area contributed by atoms with Gasteiger partial charge in [0.1, 0.15) is 5.75 Å². The maximum Gasteiger partial charge on any atom is 0.253 e. The van der Waals surface area contributed by atoms with Gasteiger partial charge in [0.2, 0.25) is 5.91 Å². The van der Waals surface area contributed by atoms with Crippen LogP contribution in [0, 0.1) is 0 Å². The predicted octanol–water partition coefficient (Wildman–Crippen LogP) is 3.24. The first-order chi connectivity index (χ1) is 12.4. The fourth-order valence-corrected chi connectivity index (χ4v) is 2.51. The van der Waals surface area contributed by atoms with E-state index in [2.05, 4.69) is 5.32 Å². The lowest BCUT2D eigenvalue weighted by molar-refractivity contribution is -0.116. The van der Waals surface area contributed by atoms with Crippen molar-refractivity contribution in [2.45, 2.75) is 19.4 Å². The van der Waals surface area contributed by atoms with Crippen molar-refractivity contribution in [2.75, 3.05) is 26.0 Å². The molecule has 2 rings (SSSR count). The molecule has 0 saturated carbocycles. The highest BCUT2D eigenvalue weighted by Crippen LogP contribution is 2.27. The summed E-state index contributed by atoms with van der Waals surface area (Å²) in [6.45, 7) is 2.27. The van der Waals surface area contributed by atoms with Crippen molar-refractivity contribution in [2.24, 2.45) is 5.73 Å². The Labute approximate surface area is 166 Å². The number of ether oxygens (including phenoxy) is 1. The van der Waals surface area contributed by atoms with Crippen molar-refractivity contribution in [3.63, 3.8) is 0 Å². The van der Waals surface area contributed by atoms with Crippen LogP contribution in [0.25, 0.3) is 0 Å². The zero-order valence-electron chi connectivity index (χ0n) is 15.8. The van der Waals surface area contributed by atoms with Crippen LogP contribution in [0.2, 0.25) is 0 Å². The Morgan fingerprint density at radius 3 is 2.41 bits per heavy atom. The standard InChI is InChI=1S/C20H25N3O3.ClH/c1-4-26-18-12-15(20(25)23(2)3)10-11-17(18)22-19(24)13-16(21)14-8-6-5-7-9-14;/h5-12,16H,4,13,21H2,1-3H3,(H,22,24);1H. The number of hydrogen-bond donors (Lipinski definition) is 2. The van der Waals surface area contributed by atoms with E-state index in [-0.39, 0.29) is 36.7 Å². The Morgan fingerprint density at radius 2 is 1.81 bits per heavy atom. The van der Waals surface area contributed by atoms with Crippen molar-refractivity contribution in [3.05, 3.63) is 59.7 Å². The molecule has 27 heavy (non-hydrogen) atoms. The highest BCUT2D eigenvalue weighted by molar-refractivity contribution is 5.97. The number of rotatable bonds is 7. The topological polar surface area (TPSA) is 84.7 Å². The van der Waals surface area contributed by atoms with Crippen molar-refractivity contribution >= 4 is 29.9 Å². The molecular weight excluding hydrogens is 366 g/mol. The molecule has 0 bridgehead atoms. The molecule has 1 unspecified atom stereocenters. The van der Waals surface area contributed by atoms with Gasteiger partial charge in [-0.2, -0.15) is 0 Å². The lowest BCUT2D eigenvalue weighted by Gasteiger charge is -2.16. The van der Waals surface area contributed by atoms with Gasteiger partial charge in [-0.1, -0.05) is 30.3 Å². The number of nitrogens with two attached hydrogens (primary N) is 1. The van der Waals surface area contributed by atoms with E-state index in [9.17, 15) is 9.59 Å². The van der Waals surface area contributed by atoms with Crippen molar-refractivity contribution in [1.82, 2.24) is 4.90 Å². The predicted molar refractivity (Wildman–Crippen MR) is 109 cm³/mol. The number of carbonyl (C=O) groups is 2. The summed E-state index contributed by atoms with van der Waals surface area (Å²) >= 11 is 0. The fourth-order valence-electron chi connectivity index (χ4n) is 2.51. The first-order valence-electron chi connectivity index (χ1n) is 8.51. The summed E-state index contributed by atoms with van der Waals surface area (Å²) in [5, 5.41) is 2.82. The monoisotopic (exact) mass is 391 g/mol. The number of nitrogens with one attached hydrogen (secondary N) is 1. The molecule has 0 aliphatic heterocycles. The van der Waals surface area contributed by atoms with Crippen molar-refractivity contribution in [1.29, 1.82) is 0 Å². The number of carbonyl (C=O) groups excluding carboxylic acids is 2. The molecule has 0 aliphatic carbocycles. The summed E-state index contributed by atoms with van der Waals surface area (Å²) in [7, 11) is 3.37. The molecule has 0 aromatic heterocycles. The van der Waals surface area contributed by atoms with Gasteiger partial charge in [-0.15, -0.1) is 12.4 Å². The molecule has 0 saturated heterocycles. The van der Waals surface area contributed by atoms with Crippen LogP contribution in [-0.2, 0) is 4.79 Å². The van der Waals surface area contributed by atoms with E-state index in [1.165, 1.54) is 4.90 Å². The lowest BCUT2D eigenvalue weighted by atomic mass is 10.0. The Hall–Kier alpha value is -2.57. The zero-order chi connectivity index (χ0) is 19.1. The van der Waals surface area contributed by atoms with E-state index in [1.54, 1.807) is 32.3 Å². The molecule has 6 nitrogen and oxygen atoms in total. The molecule has 0 spiro atoms. The molecule has 0 aliphatic rings. The van der Waals surface area contributed by atoms with Gasteiger partial charge >= 0.3 is 0 Å². The van der Waals surface area contributed by atoms with Crippen LogP contribution < -0.4 is 15.8 Å². The highest BCUT2D eigenvalue weighted by atomic mass is 35.5. The Bertz CT molecular complexity index is 766. The molecule has 2 aromatic carbocycles. The zero-order valence-corrected chi connectivity index (χ0v) is 16.6. The summed E-state index contributed by atoms with van der Waals surface area (Å²) in [4.78, 5) is 25.9. The SMILES string of the molecule is CCOc1cc(C(=O)N(C)C)ccc1NC(=O)CC(N)c1ccccc1.Cl. The van der Waals surface area contributed by atoms with Crippen LogP contribution in [0.4, 0.5) is 5.69 Å². The summed E-state index contributed by atoms with van der Waals surface area (Å²) < 4.78 is 5.58. The molecule has 0 radical (unpaired) electrons. The fraction of sp³-hybridized carbons (Fsp3) is 0.300. The Morgan fingerprint density at radius 1 is 1.15 bits per heavy atom. The number of amides is 2. The largest absolute Gasteiger partial charge is 0.492 e. The van der Waals surface area contributed by atoms with Crippen molar-refractivity contribution < 1.29 is 14.3 Å². The molecule has 146 valence electrons. The number of benzene rings is 2. The average molecular weight is 392 g/mol. The smallest absolute Gasteiger partial charge is 0.253 e. The third kappa shape index (κ3) is 6.27.